The molecular weight excluding hydrogens is 352 g/mol. The van der Waals surface area contributed by atoms with E-state index in [2.05, 4.69) is 20.6 Å². The van der Waals surface area contributed by atoms with Crippen molar-refractivity contribution in [2.75, 3.05) is 24.9 Å². The third kappa shape index (κ3) is 4.15. The van der Waals surface area contributed by atoms with Crippen LogP contribution in [-0.4, -0.2) is 24.2 Å². The van der Waals surface area contributed by atoms with Crippen molar-refractivity contribution in [2.45, 2.75) is 6.92 Å². The van der Waals surface area contributed by atoms with Gasteiger partial charge < -0.3 is 20.1 Å². The zero-order chi connectivity index (χ0) is 18.5. The molecule has 0 aliphatic carbocycles. The molecule has 1 aromatic heterocycles. The number of rotatable bonds is 6. The van der Waals surface area contributed by atoms with Gasteiger partial charge in [0, 0.05) is 23.0 Å². The Morgan fingerprint density at radius 3 is 2.46 bits per heavy atom. The Morgan fingerprint density at radius 1 is 0.923 bits per heavy atom. The second-order valence-electron chi connectivity index (χ2n) is 5.54. The van der Waals surface area contributed by atoms with Crippen molar-refractivity contribution in [2.24, 2.45) is 0 Å². The third-order valence-electron chi connectivity index (χ3n) is 3.76. The van der Waals surface area contributed by atoms with E-state index >= 15 is 0 Å². The Kier molecular flexibility index (Phi) is 5.43. The maximum absolute atomic E-state index is 6.00. The van der Waals surface area contributed by atoms with E-state index in [0.717, 1.165) is 16.9 Å². The summed E-state index contributed by atoms with van der Waals surface area (Å²) in [5.74, 6) is 2.47. The topological polar surface area (TPSA) is 68.3 Å². The van der Waals surface area contributed by atoms with Crippen LogP contribution in [0.25, 0.3) is 0 Å². The van der Waals surface area contributed by atoms with Crippen LogP contribution in [0.15, 0.2) is 48.7 Å². The standard InChI is InChI=1S/C19H19ClN4O2/c1-12-10-13(20)4-6-15(12)22-18-8-9-21-19(24-18)23-16-7-5-14(25-2)11-17(16)26-3/h4-11H,1-3H3,(H2,21,22,23,24). The van der Waals surface area contributed by atoms with Crippen LogP contribution in [-0.2, 0) is 0 Å². The number of nitrogens with one attached hydrogen (secondary N) is 2. The van der Waals surface area contributed by atoms with Gasteiger partial charge in [0.15, 0.2) is 0 Å². The van der Waals surface area contributed by atoms with Crippen molar-refractivity contribution in [3.05, 3.63) is 59.2 Å². The average Bonchev–Trinajstić information content (AvgIpc) is 2.65. The molecule has 2 N–H and O–H groups in total. The lowest BCUT2D eigenvalue weighted by atomic mass is 10.2. The SMILES string of the molecule is COc1ccc(Nc2nccc(Nc3ccc(Cl)cc3C)n2)c(OC)c1. The number of benzene rings is 2. The molecule has 26 heavy (non-hydrogen) atoms. The van der Waals surface area contributed by atoms with Gasteiger partial charge in [-0.1, -0.05) is 11.6 Å². The zero-order valence-corrected chi connectivity index (χ0v) is 15.5. The summed E-state index contributed by atoms with van der Waals surface area (Å²) < 4.78 is 10.6. The molecule has 0 aliphatic heterocycles. The van der Waals surface area contributed by atoms with Crippen molar-refractivity contribution in [3.8, 4) is 11.5 Å². The number of methoxy groups -OCH3 is 2. The van der Waals surface area contributed by atoms with E-state index in [-0.39, 0.29) is 0 Å². The summed E-state index contributed by atoms with van der Waals surface area (Å²) in [7, 11) is 3.21. The van der Waals surface area contributed by atoms with Crippen molar-refractivity contribution < 1.29 is 9.47 Å². The minimum Gasteiger partial charge on any atom is -0.497 e. The van der Waals surface area contributed by atoms with Crippen molar-refractivity contribution in [3.63, 3.8) is 0 Å². The fourth-order valence-corrected chi connectivity index (χ4v) is 2.64. The highest BCUT2D eigenvalue weighted by molar-refractivity contribution is 6.30. The van der Waals surface area contributed by atoms with Gasteiger partial charge in [0.25, 0.3) is 0 Å². The molecule has 6 nitrogen and oxygen atoms in total. The molecule has 0 bridgehead atoms. The van der Waals surface area contributed by atoms with Gasteiger partial charge in [-0.15, -0.1) is 0 Å². The van der Waals surface area contributed by atoms with Crippen LogP contribution in [0.5, 0.6) is 11.5 Å². The molecule has 0 aliphatic rings. The molecule has 3 rings (SSSR count). The van der Waals surface area contributed by atoms with Crippen molar-refractivity contribution in [1.29, 1.82) is 0 Å². The number of ether oxygens (including phenoxy) is 2. The summed E-state index contributed by atoms with van der Waals surface area (Å²) in [5, 5.41) is 7.13. The Labute approximate surface area is 157 Å². The summed E-state index contributed by atoms with van der Waals surface area (Å²) in [6.07, 6.45) is 1.68. The highest BCUT2D eigenvalue weighted by Gasteiger charge is 2.08. The summed E-state index contributed by atoms with van der Waals surface area (Å²) in [4.78, 5) is 8.75. The summed E-state index contributed by atoms with van der Waals surface area (Å²) in [5.41, 5.74) is 2.71. The number of hydrogen-bond acceptors (Lipinski definition) is 6. The first-order chi connectivity index (χ1) is 12.6. The lowest BCUT2D eigenvalue weighted by molar-refractivity contribution is 0.395. The van der Waals surface area contributed by atoms with Crippen LogP contribution < -0.4 is 20.1 Å². The van der Waals surface area contributed by atoms with E-state index < -0.39 is 0 Å². The quantitative estimate of drug-likeness (QED) is 0.640. The summed E-state index contributed by atoms with van der Waals surface area (Å²) in [6.45, 7) is 1.98. The second kappa shape index (κ2) is 7.93. The second-order valence-corrected chi connectivity index (χ2v) is 5.98. The molecule has 1 heterocycles. The van der Waals surface area contributed by atoms with Gasteiger partial charge in [-0.05, 0) is 48.9 Å². The fraction of sp³-hybridized carbons (Fsp3) is 0.158. The van der Waals surface area contributed by atoms with Gasteiger partial charge in [0.1, 0.15) is 17.3 Å². The van der Waals surface area contributed by atoms with E-state index in [1.54, 1.807) is 32.5 Å². The van der Waals surface area contributed by atoms with E-state index in [1.807, 2.05) is 37.3 Å². The van der Waals surface area contributed by atoms with Gasteiger partial charge in [0.05, 0.1) is 19.9 Å². The number of anilines is 4. The predicted molar refractivity (Wildman–Crippen MR) is 104 cm³/mol. The Bertz CT molecular complexity index is 918. The van der Waals surface area contributed by atoms with Crippen LogP contribution in [0.3, 0.4) is 0 Å². The van der Waals surface area contributed by atoms with Crippen LogP contribution in [0.2, 0.25) is 5.02 Å². The van der Waals surface area contributed by atoms with E-state index in [1.165, 1.54) is 0 Å². The van der Waals surface area contributed by atoms with Gasteiger partial charge in [0.2, 0.25) is 5.95 Å². The predicted octanol–water partition coefficient (Wildman–Crippen LogP) is 4.94. The van der Waals surface area contributed by atoms with E-state index in [4.69, 9.17) is 21.1 Å². The Hall–Kier alpha value is -2.99. The minimum absolute atomic E-state index is 0.449. The molecule has 0 saturated heterocycles. The normalized spacial score (nSPS) is 10.3. The smallest absolute Gasteiger partial charge is 0.229 e. The molecule has 0 amide bonds. The number of aromatic nitrogens is 2. The molecule has 134 valence electrons. The fourth-order valence-electron chi connectivity index (χ4n) is 2.42. The van der Waals surface area contributed by atoms with E-state index in [0.29, 0.717) is 28.3 Å². The van der Waals surface area contributed by atoms with Gasteiger partial charge in [-0.2, -0.15) is 4.98 Å². The first kappa shape index (κ1) is 17.8. The van der Waals surface area contributed by atoms with Crippen LogP contribution >= 0.6 is 11.6 Å². The van der Waals surface area contributed by atoms with Gasteiger partial charge in [-0.3, -0.25) is 0 Å². The van der Waals surface area contributed by atoms with E-state index in [9.17, 15) is 0 Å². The minimum atomic E-state index is 0.449. The molecule has 0 spiro atoms. The number of aryl methyl sites for hydroxylation is 1. The molecule has 7 heteroatoms. The van der Waals surface area contributed by atoms with Gasteiger partial charge >= 0.3 is 0 Å². The number of nitrogens with zero attached hydrogens (tertiary/aromatic N) is 2. The summed E-state index contributed by atoms with van der Waals surface area (Å²) in [6, 6.07) is 12.9. The maximum atomic E-state index is 6.00. The third-order valence-corrected chi connectivity index (χ3v) is 4.00. The Balaban J connectivity index is 1.81. The monoisotopic (exact) mass is 370 g/mol. The largest absolute Gasteiger partial charge is 0.497 e. The van der Waals surface area contributed by atoms with Gasteiger partial charge in [-0.25, -0.2) is 4.98 Å². The van der Waals surface area contributed by atoms with Crippen molar-refractivity contribution >= 4 is 34.7 Å². The molecule has 0 saturated carbocycles. The van der Waals surface area contributed by atoms with Crippen LogP contribution in [0.4, 0.5) is 23.1 Å². The first-order valence-electron chi connectivity index (χ1n) is 7.94. The molecule has 0 fully saturated rings. The molecule has 3 aromatic rings. The number of hydrogen-bond donors (Lipinski definition) is 2. The molecular formula is C19H19ClN4O2. The molecule has 0 unspecified atom stereocenters. The Morgan fingerprint density at radius 2 is 1.73 bits per heavy atom. The first-order valence-corrected chi connectivity index (χ1v) is 8.32. The zero-order valence-electron chi connectivity index (χ0n) is 14.7. The maximum Gasteiger partial charge on any atom is 0.229 e. The van der Waals surface area contributed by atoms with Crippen LogP contribution in [0.1, 0.15) is 5.56 Å². The molecule has 2 aromatic carbocycles. The lowest BCUT2D eigenvalue weighted by Crippen LogP contribution is -2.02. The highest BCUT2D eigenvalue weighted by atomic mass is 35.5. The average molecular weight is 371 g/mol. The van der Waals surface area contributed by atoms with Crippen LogP contribution in [0, 0.1) is 6.92 Å². The summed E-state index contributed by atoms with van der Waals surface area (Å²) >= 11 is 6.00. The van der Waals surface area contributed by atoms with Crippen molar-refractivity contribution in [1.82, 2.24) is 9.97 Å². The lowest BCUT2D eigenvalue weighted by Gasteiger charge is -2.13. The highest BCUT2D eigenvalue weighted by Crippen LogP contribution is 2.31. The number of halogens is 1. The molecule has 0 atom stereocenters. The molecule has 0 radical (unpaired) electrons.